The maximum absolute atomic E-state index is 11.9. The number of unbranched alkanes of at least 4 members (excludes halogenated alkanes) is 3. The average Bonchev–Trinajstić information content (AvgIpc) is 2.49. The summed E-state index contributed by atoms with van der Waals surface area (Å²) in [5.41, 5.74) is 0. The van der Waals surface area contributed by atoms with Gasteiger partial charge in [0, 0.05) is 20.1 Å². The van der Waals surface area contributed by atoms with Crippen LogP contribution in [0.4, 0.5) is 0 Å². The molecule has 2 N–H and O–H groups in total. The van der Waals surface area contributed by atoms with E-state index in [0.29, 0.717) is 12.3 Å². The Kier molecular flexibility index (Phi) is 9.73. The van der Waals surface area contributed by atoms with Crippen molar-refractivity contribution in [3.63, 3.8) is 0 Å². The molecule has 1 fully saturated rings. The summed E-state index contributed by atoms with van der Waals surface area (Å²) >= 11 is 0. The van der Waals surface area contributed by atoms with Crippen molar-refractivity contribution in [1.29, 1.82) is 0 Å². The monoisotopic (exact) mass is 313 g/mol. The maximum Gasteiger partial charge on any atom is 0.220 e. The third kappa shape index (κ3) is 8.14. The fourth-order valence-electron chi connectivity index (χ4n) is 3.17. The summed E-state index contributed by atoms with van der Waals surface area (Å²) in [5, 5.41) is 12.8. The van der Waals surface area contributed by atoms with Gasteiger partial charge >= 0.3 is 0 Å². The molecule has 0 aliphatic heterocycles. The molecule has 3 atom stereocenters. The second-order valence-corrected chi connectivity index (χ2v) is 7.17. The quantitative estimate of drug-likeness (QED) is 0.609. The van der Waals surface area contributed by atoms with E-state index in [4.69, 9.17) is 4.74 Å². The SMILES string of the molecule is COC1CC(CNC(=O)CCCCCCC(C)C)CCC1O. The Morgan fingerprint density at radius 3 is 2.64 bits per heavy atom. The highest BCUT2D eigenvalue weighted by atomic mass is 16.5. The first-order valence-electron chi connectivity index (χ1n) is 9.00. The number of nitrogens with one attached hydrogen (secondary N) is 1. The molecule has 0 aromatic rings. The number of ether oxygens (including phenoxy) is 1. The number of hydrogen-bond acceptors (Lipinski definition) is 3. The van der Waals surface area contributed by atoms with Crippen molar-refractivity contribution in [3.05, 3.63) is 0 Å². The van der Waals surface area contributed by atoms with E-state index < -0.39 is 0 Å². The van der Waals surface area contributed by atoms with E-state index in [-0.39, 0.29) is 18.1 Å². The van der Waals surface area contributed by atoms with Crippen LogP contribution < -0.4 is 5.32 Å². The molecule has 4 heteroatoms. The van der Waals surface area contributed by atoms with Gasteiger partial charge in [0.05, 0.1) is 12.2 Å². The summed E-state index contributed by atoms with van der Waals surface area (Å²) in [6.07, 6.45) is 8.77. The number of carbonyl (C=O) groups excluding carboxylic acids is 1. The van der Waals surface area contributed by atoms with Gasteiger partial charge in [-0.3, -0.25) is 4.79 Å². The molecule has 1 saturated carbocycles. The molecule has 0 aromatic carbocycles. The molecule has 0 radical (unpaired) electrons. The second kappa shape index (κ2) is 11.0. The highest BCUT2D eigenvalue weighted by Gasteiger charge is 2.29. The lowest BCUT2D eigenvalue weighted by Gasteiger charge is -2.32. The number of carbonyl (C=O) groups is 1. The van der Waals surface area contributed by atoms with Crippen LogP contribution in [-0.2, 0) is 9.53 Å². The third-order valence-electron chi connectivity index (χ3n) is 4.69. The van der Waals surface area contributed by atoms with Crippen molar-refractivity contribution in [2.45, 2.75) is 83.8 Å². The fourth-order valence-corrected chi connectivity index (χ4v) is 3.17. The Bertz CT molecular complexity index is 307. The number of aliphatic hydroxyl groups excluding tert-OH is 1. The van der Waals surface area contributed by atoms with Crippen LogP contribution in [-0.4, -0.2) is 36.9 Å². The molecule has 0 bridgehead atoms. The van der Waals surface area contributed by atoms with E-state index in [2.05, 4.69) is 19.2 Å². The highest BCUT2D eigenvalue weighted by molar-refractivity contribution is 5.75. The van der Waals surface area contributed by atoms with Gasteiger partial charge in [-0.1, -0.05) is 39.5 Å². The first-order chi connectivity index (χ1) is 10.5. The number of rotatable bonds is 10. The lowest BCUT2D eigenvalue weighted by Crippen LogP contribution is -2.39. The van der Waals surface area contributed by atoms with Crippen LogP contribution in [0.15, 0.2) is 0 Å². The van der Waals surface area contributed by atoms with Gasteiger partial charge in [0.25, 0.3) is 0 Å². The van der Waals surface area contributed by atoms with Crippen molar-refractivity contribution in [2.24, 2.45) is 11.8 Å². The first-order valence-corrected chi connectivity index (χ1v) is 9.00. The van der Waals surface area contributed by atoms with E-state index in [0.717, 1.165) is 44.6 Å². The third-order valence-corrected chi connectivity index (χ3v) is 4.69. The predicted octanol–water partition coefficient (Wildman–Crippen LogP) is 3.28. The molecule has 1 aliphatic carbocycles. The molecule has 130 valence electrons. The molecule has 1 amide bonds. The van der Waals surface area contributed by atoms with E-state index in [1.165, 1.54) is 19.3 Å². The molecule has 0 heterocycles. The standard InChI is InChI=1S/C18H35NO3/c1-14(2)8-6-4-5-7-9-18(21)19-13-15-10-11-16(20)17(12-15)22-3/h14-17,20H,4-13H2,1-3H3,(H,19,21). The Balaban J connectivity index is 2.03. The van der Waals surface area contributed by atoms with Gasteiger partial charge in [-0.05, 0) is 37.5 Å². The minimum atomic E-state index is -0.345. The van der Waals surface area contributed by atoms with Crippen molar-refractivity contribution in [2.75, 3.05) is 13.7 Å². The Hall–Kier alpha value is -0.610. The Morgan fingerprint density at radius 2 is 1.95 bits per heavy atom. The first kappa shape index (κ1) is 19.4. The average molecular weight is 313 g/mol. The summed E-state index contributed by atoms with van der Waals surface area (Å²) in [7, 11) is 1.65. The predicted molar refractivity (Wildman–Crippen MR) is 89.7 cm³/mol. The summed E-state index contributed by atoms with van der Waals surface area (Å²) in [5.74, 6) is 1.39. The van der Waals surface area contributed by atoms with Gasteiger partial charge in [0.15, 0.2) is 0 Å². The Morgan fingerprint density at radius 1 is 1.23 bits per heavy atom. The van der Waals surface area contributed by atoms with Crippen LogP contribution in [0.1, 0.15) is 71.6 Å². The zero-order valence-corrected chi connectivity index (χ0v) is 14.6. The molecule has 0 saturated heterocycles. The molecular weight excluding hydrogens is 278 g/mol. The normalized spacial score (nSPS) is 25.4. The molecule has 3 unspecified atom stereocenters. The highest BCUT2D eigenvalue weighted by Crippen LogP contribution is 2.26. The molecule has 1 rings (SSSR count). The van der Waals surface area contributed by atoms with E-state index in [1.54, 1.807) is 7.11 Å². The van der Waals surface area contributed by atoms with Crippen molar-refractivity contribution < 1.29 is 14.6 Å². The second-order valence-electron chi connectivity index (χ2n) is 7.17. The number of methoxy groups -OCH3 is 1. The minimum Gasteiger partial charge on any atom is -0.390 e. The zero-order valence-electron chi connectivity index (χ0n) is 14.6. The number of aliphatic hydroxyl groups is 1. The maximum atomic E-state index is 11.9. The van der Waals surface area contributed by atoms with Gasteiger partial charge in [0.1, 0.15) is 0 Å². The van der Waals surface area contributed by atoms with Gasteiger partial charge in [-0.2, -0.15) is 0 Å². The minimum absolute atomic E-state index is 0.0726. The van der Waals surface area contributed by atoms with Crippen molar-refractivity contribution in [1.82, 2.24) is 5.32 Å². The smallest absolute Gasteiger partial charge is 0.220 e. The molecule has 0 aromatic heterocycles. The van der Waals surface area contributed by atoms with Crippen LogP contribution in [0, 0.1) is 11.8 Å². The summed E-state index contributed by atoms with van der Waals surface area (Å²) in [4.78, 5) is 11.9. The topological polar surface area (TPSA) is 58.6 Å². The molecule has 22 heavy (non-hydrogen) atoms. The van der Waals surface area contributed by atoms with Crippen LogP contribution in [0.2, 0.25) is 0 Å². The lowest BCUT2D eigenvalue weighted by molar-refractivity contribution is -0.121. The van der Waals surface area contributed by atoms with Crippen LogP contribution in [0.3, 0.4) is 0 Å². The van der Waals surface area contributed by atoms with Gasteiger partial charge in [-0.15, -0.1) is 0 Å². The largest absolute Gasteiger partial charge is 0.390 e. The van der Waals surface area contributed by atoms with E-state index in [9.17, 15) is 9.90 Å². The molecular formula is C18H35NO3. The summed E-state index contributed by atoms with van der Waals surface area (Å²) in [6, 6.07) is 0. The Labute approximate surface area is 136 Å². The molecule has 4 nitrogen and oxygen atoms in total. The van der Waals surface area contributed by atoms with Gasteiger partial charge in [-0.25, -0.2) is 0 Å². The lowest BCUT2D eigenvalue weighted by atomic mass is 9.85. The van der Waals surface area contributed by atoms with Gasteiger partial charge < -0.3 is 15.2 Å². The van der Waals surface area contributed by atoms with Crippen LogP contribution in [0.25, 0.3) is 0 Å². The van der Waals surface area contributed by atoms with Crippen molar-refractivity contribution in [3.8, 4) is 0 Å². The summed E-state index contributed by atoms with van der Waals surface area (Å²) in [6.45, 7) is 5.23. The van der Waals surface area contributed by atoms with E-state index in [1.807, 2.05) is 0 Å². The molecule has 0 spiro atoms. The number of amides is 1. The van der Waals surface area contributed by atoms with Gasteiger partial charge in [0.2, 0.25) is 5.91 Å². The van der Waals surface area contributed by atoms with E-state index >= 15 is 0 Å². The number of hydrogen-bond donors (Lipinski definition) is 2. The van der Waals surface area contributed by atoms with Crippen LogP contribution in [0.5, 0.6) is 0 Å². The van der Waals surface area contributed by atoms with Crippen molar-refractivity contribution >= 4 is 5.91 Å². The molecule has 1 aliphatic rings. The fraction of sp³-hybridized carbons (Fsp3) is 0.944. The summed E-state index contributed by atoms with van der Waals surface area (Å²) < 4.78 is 5.30. The van der Waals surface area contributed by atoms with Crippen LogP contribution >= 0.6 is 0 Å². The zero-order chi connectivity index (χ0) is 16.4.